The van der Waals surface area contributed by atoms with Gasteiger partial charge in [0.25, 0.3) is 0 Å². The minimum atomic E-state index is -0.607. The van der Waals surface area contributed by atoms with Gasteiger partial charge in [0.2, 0.25) is 17.7 Å². The predicted octanol–water partition coefficient (Wildman–Crippen LogP) is 1.74. The standard InChI is InChI=1S/C23H31N3O4S/c27-20(16-31-17-7-2-1-3-8-17)18-9-4-14-26(18)23(30)19-10-5-13-25(19)22(29)15-24-12-6-11-21(24)28/h1-3,7-8,18-20,27H,4-6,9-16H2/t18-,19-,20?/m0/s1. The second kappa shape index (κ2) is 10.0. The van der Waals surface area contributed by atoms with E-state index in [2.05, 4.69) is 0 Å². The lowest BCUT2D eigenvalue weighted by molar-refractivity contribution is -0.147. The van der Waals surface area contributed by atoms with E-state index in [1.54, 1.807) is 26.5 Å². The van der Waals surface area contributed by atoms with E-state index in [9.17, 15) is 19.5 Å². The Morgan fingerprint density at radius 1 is 1.03 bits per heavy atom. The van der Waals surface area contributed by atoms with Gasteiger partial charge in [-0.15, -0.1) is 11.8 Å². The van der Waals surface area contributed by atoms with Gasteiger partial charge in [0, 0.05) is 36.7 Å². The lowest BCUT2D eigenvalue weighted by Gasteiger charge is -2.34. The number of benzene rings is 1. The van der Waals surface area contributed by atoms with E-state index in [4.69, 9.17) is 0 Å². The molecule has 0 spiro atoms. The van der Waals surface area contributed by atoms with E-state index in [0.717, 1.165) is 30.6 Å². The first kappa shape index (κ1) is 22.1. The maximum Gasteiger partial charge on any atom is 0.245 e. The van der Waals surface area contributed by atoms with Gasteiger partial charge in [-0.3, -0.25) is 14.4 Å². The highest BCUT2D eigenvalue weighted by molar-refractivity contribution is 7.99. The highest BCUT2D eigenvalue weighted by Crippen LogP contribution is 2.29. The monoisotopic (exact) mass is 445 g/mol. The molecule has 3 amide bonds. The van der Waals surface area contributed by atoms with Crippen LogP contribution < -0.4 is 0 Å². The summed E-state index contributed by atoms with van der Waals surface area (Å²) in [6.07, 6.45) is 3.78. The third kappa shape index (κ3) is 5.06. The topological polar surface area (TPSA) is 81.2 Å². The summed E-state index contributed by atoms with van der Waals surface area (Å²) in [7, 11) is 0. The fourth-order valence-electron chi connectivity index (χ4n) is 4.91. The molecule has 3 aliphatic rings. The maximum atomic E-state index is 13.4. The third-order valence-corrected chi connectivity index (χ3v) is 7.66. The number of hydrogen-bond donors (Lipinski definition) is 1. The van der Waals surface area contributed by atoms with Gasteiger partial charge < -0.3 is 19.8 Å². The molecule has 0 aliphatic carbocycles. The number of thioether (sulfide) groups is 1. The van der Waals surface area contributed by atoms with Crippen molar-refractivity contribution in [1.82, 2.24) is 14.7 Å². The molecule has 7 nitrogen and oxygen atoms in total. The Hall–Kier alpha value is -2.06. The molecule has 1 aromatic rings. The Morgan fingerprint density at radius 3 is 2.52 bits per heavy atom. The first-order valence-corrected chi connectivity index (χ1v) is 12.3. The van der Waals surface area contributed by atoms with Gasteiger partial charge in [-0.05, 0) is 44.2 Å². The molecular weight excluding hydrogens is 414 g/mol. The van der Waals surface area contributed by atoms with Gasteiger partial charge in [-0.2, -0.15) is 0 Å². The number of nitrogens with zero attached hydrogens (tertiary/aromatic N) is 3. The molecule has 3 fully saturated rings. The molecule has 3 aliphatic heterocycles. The van der Waals surface area contributed by atoms with Crippen LogP contribution in [0.15, 0.2) is 35.2 Å². The molecule has 0 radical (unpaired) electrons. The van der Waals surface area contributed by atoms with Crippen LogP contribution in [0.4, 0.5) is 0 Å². The molecule has 0 saturated carbocycles. The second-order valence-electron chi connectivity index (χ2n) is 8.60. The minimum Gasteiger partial charge on any atom is -0.390 e. The number of aliphatic hydroxyl groups is 1. The number of amides is 3. The Kier molecular flexibility index (Phi) is 7.17. The van der Waals surface area contributed by atoms with Crippen molar-refractivity contribution < 1.29 is 19.5 Å². The Morgan fingerprint density at radius 2 is 1.77 bits per heavy atom. The van der Waals surface area contributed by atoms with Gasteiger partial charge >= 0.3 is 0 Å². The lowest BCUT2D eigenvalue weighted by Crippen LogP contribution is -2.53. The summed E-state index contributed by atoms with van der Waals surface area (Å²) in [5, 5.41) is 10.8. The normalized spacial score (nSPS) is 24.8. The quantitative estimate of drug-likeness (QED) is 0.647. The number of hydrogen-bond acceptors (Lipinski definition) is 5. The number of carbonyl (C=O) groups is 3. The van der Waals surface area contributed by atoms with Gasteiger partial charge in [-0.1, -0.05) is 18.2 Å². The van der Waals surface area contributed by atoms with E-state index in [0.29, 0.717) is 38.2 Å². The first-order chi connectivity index (χ1) is 15.0. The van der Waals surface area contributed by atoms with Gasteiger partial charge in [0.05, 0.1) is 18.7 Å². The van der Waals surface area contributed by atoms with Crippen LogP contribution in [0.5, 0.6) is 0 Å². The summed E-state index contributed by atoms with van der Waals surface area (Å²) in [4.78, 5) is 44.3. The van der Waals surface area contributed by atoms with Crippen LogP contribution >= 0.6 is 11.8 Å². The van der Waals surface area contributed by atoms with E-state index in [1.807, 2.05) is 30.3 Å². The zero-order chi connectivity index (χ0) is 21.8. The van der Waals surface area contributed by atoms with Crippen molar-refractivity contribution in [2.24, 2.45) is 0 Å². The zero-order valence-electron chi connectivity index (χ0n) is 17.8. The smallest absolute Gasteiger partial charge is 0.245 e. The number of likely N-dealkylation sites (tertiary alicyclic amines) is 3. The zero-order valence-corrected chi connectivity index (χ0v) is 18.6. The molecular formula is C23H31N3O4S. The van der Waals surface area contributed by atoms with Crippen molar-refractivity contribution in [1.29, 1.82) is 0 Å². The van der Waals surface area contributed by atoms with Crippen LogP contribution in [-0.4, -0.2) is 87.6 Å². The van der Waals surface area contributed by atoms with Crippen molar-refractivity contribution in [3.05, 3.63) is 30.3 Å². The summed E-state index contributed by atoms with van der Waals surface area (Å²) < 4.78 is 0. The maximum absolute atomic E-state index is 13.4. The molecule has 0 bridgehead atoms. The van der Waals surface area contributed by atoms with E-state index < -0.39 is 12.1 Å². The Labute approximate surface area is 187 Å². The van der Waals surface area contributed by atoms with Crippen molar-refractivity contribution in [3.8, 4) is 0 Å². The van der Waals surface area contributed by atoms with Gasteiger partial charge in [0.1, 0.15) is 6.04 Å². The number of rotatable bonds is 7. The molecule has 1 unspecified atom stereocenters. The molecule has 31 heavy (non-hydrogen) atoms. The van der Waals surface area contributed by atoms with Crippen LogP contribution in [0.2, 0.25) is 0 Å². The van der Waals surface area contributed by atoms with Gasteiger partial charge in [-0.25, -0.2) is 0 Å². The van der Waals surface area contributed by atoms with Crippen LogP contribution in [-0.2, 0) is 14.4 Å². The summed E-state index contributed by atoms with van der Waals surface area (Å²) in [5.41, 5.74) is 0. The average molecular weight is 446 g/mol. The van der Waals surface area contributed by atoms with E-state index in [-0.39, 0.29) is 30.3 Å². The molecule has 1 aromatic carbocycles. The molecule has 3 heterocycles. The molecule has 4 rings (SSSR count). The molecule has 168 valence electrons. The molecule has 0 aromatic heterocycles. The SMILES string of the molecule is O=C1CCCN1CC(=O)N1CCC[C@H]1C(=O)N1CCC[C@H]1C(O)CSc1ccccc1. The van der Waals surface area contributed by atoms with Crippen molar-refractivity contribution >= 4 is 29.5 Å². The fraction of sp³-hybridized carbons (Fsp3) is 0.609. The van der Waals surface area contributed by atoms with Crippen molar-refractivity contribution in [2.45, 2.75) is 61.6 Å². The van der Waals surface area contributed by atoms with Gasteiger partial charge in [0.15, 0.2) is 0 Å². The van der Waals surface area contributed by atoms with Crippen LogP contribution in [0.25, 0.3) is 0 Å². The first-order valence-electron chi connectivity index (χ1n) is 11.3. The number of aliphatic hydroxyl groups excluding tert-OH is 1. The molecule has 3 atom stereocenters. The fourth-order valence-corrected chi connectivity index (χ4v) is 5.85. The van der Waals surface area contributed by atoms with Crippen LogP contribution in [0, 0.1) is 0 Å². The highest BCUT2D eigenvalue weighted by atomic mass is 32.2. The van der Waals surface area contributed by atoms with E-state index >= 15 is 0 Å². The summed E-state index contributed by atoms with van der Waals surface area (Å²) in [6, 6.07) is 9.26. The second-order valence-corrected chi connectivity index (χ2v) is 9.69. The minimum absolute atomic E-state index is 0.0223. The van der Waals surface area contributed by atoms with Crippen molar-refractivity contribution in [3.63, 3.8) is 0 Å². The van der Waals surface area contributed by atoms with E-state index in [1.165, 1.54) is 0 Å². The summed E-state index contributed by atoms with van der Waals surface area (Å²) in [5.74, 6) is 0.365. The number of carbonyl (C=O) groups excluding carboxylic acids is 3. The largest absolute Gasteiger partial charge is 0.390 e. The van der Waals surface area contributed by atoms with Crippen LogP contribution in [0.3, 0.4) is 0 Å². The highest BCUT2D eigenvalue weighted by Gasteiger charge is 2.42. The third-order valence-electron chi connectivity index (χ3n) is 6.55. The molecule has 8 heteroatoms. The lowest BCUT2D eigenvalue weighted by atomic mass is 10.1. The Balaban J connectivity index is 1.36. The summed E-state index contributed by atoms with van der Waals surface area (Å²) >= 11 is 1.59. The predicted molar refractivity (Wildman–Crippen MR) is 118 cm³/mol. The summed E-state index contributed by atoms with van der Waals surface area (Å²) in [6.45, 7) is 1.88. The average Bonchev–Trinajstić information content (AvgIpc) is 3.53. The van der Waals surface area contributed by atoms with Crippen molar-refractivity contribution in [2.75, 3.05) is 31.9 Å². The Bertz CT molecular complexity index is 805. The van der Waals surface area contributed by atoms with Crippen LogP contribution in [0.1, 0.15) is 38.5 Å². The molecule has 3 saturated heterocycles. The molecule has 1 N–H and O–H groups in total.